The van der Waals surface area contributed by atoms with Crippen LogP contribution in [0.1, 0.15) is 181 Å². The Balaban J connectivity index is 0.000000856. The number of carboxylic acid groups (broad SMARTS) is 1. The van der Waals surface area contributed by atoms with E-state index in [1.807, 2.05) is 0 Å². The van der Waals surface area contributed by atoms with Gasteiger partial charge in [0.15, 0.2) is 6.10 Å². The average molecular weight is 631 g/mol. The van der Waals surface area contributed by atoms with Gasteiger partial charge in [0.05, 0.1) is 13.2 Å². The summed E-state index contributed by atoms with van der Waals surface area (Å²) >= 11 is 0. The standard InChI is InChI=1S/C18H34O6.C18H36O2/c1-2-3-4-5-6-7-8-9-10-11-16(21)24-15(12-19)18-17(22)14(20)13-23-18;1-2-3-4-5-6-7-8-9-10-11-12-13-14-15-16-17-18(19)20/h14-15,17-20,22H,2-13H2,1H3;2-17H2,1H3,(H,19,20)/t14-,15+,17+,18+;/m0./s1. The topological polar surface area (TPSA) is 134 Å². The zero-order chi connectivity index (χ0) is 32.7. The molecule has 262 valence electrons. The Morgan fingerprint density at radius 1 is 0.636 bits per heavy atom. The van der Waals surface area contributed by atoms with Crippen molar-refractivity contribution in [3.05, 3.63) is 0 Å². The van der Waals surface area contributed by atoms with Gasteiger partial charge >= 0.3 is 11.9 Å². The lowest BCUT2D eigenvalue weighted by Gasteiger charge is -2.24. The maximum absolute atomic E-state index is 11.8. The molecule has 0 unspecified atom stereocenters. The van der Waals surface area contributed by atoms with E-state index in [0.717, 1.165) is 32.1 Å². The molecule has 0 bridgehead atoms. The molecule has 4 N–H and O–H groups in total. The Kier molecular flexibility index (Phi) is 30.9. The van der Waals surface area contributed by atoms with Crippen LogP contribution in [-0.2, 0) is 19.1 Å². The number of aliphatic carboxylic acids is 1. The third-order valence-electron chi connectivity index (χ3n) is 8.50. The van der Waals surface area contributed by atoms with E-state index in [4.69, 9.17) is 14.6 Å². The van der Waals surface area contributed by atoms with Crippen molar-refractivity contribution < 1.29 is 39.5 Å². The van der Waals surface area contributed by atoms with Gasteiger partial charge in [0.2, 0.25) is 0 Å². The van der Waals surface area contributed by atoms with Crippen molar-refractivity contribution in [2.24, 2.45) is 0 Å². The van der Waals surface area contributed by atoms with Crippen LogP contribution in [0.25, 0.3) is 0 Å². The highest BCUT2D eigenvalue weighted by Gasteiger charge is 2.41. The number of carboxylic acids is 1. The van der Waals surface area contributed by atoms with Gasteiger partial charge in [0.25, 0.3) is 0 Å². The second-order valence-electron chi connectivity index (χ2n) is 12.7. The molecule has 1 fully saturated rings. The van der Waals surface area contributed by atoms with Crippen LogP contribution in [0.5, 0.6) is 0 Å². The zero-order valence-electron chi connectivity index (χ0n) is 28.5. The summed E-state index contributed by atoms with van der Waals surface area (Å²) in [6, 6.07) is 0. The van der Waals surface area contributed by atoms with Crippen molar-refractivity contribution >= 4 is 11.9 Å². The maximum atomic E-state index is 11.8. The summed E-state index contributed by atoms with van der Waals surface area (Å²) in [6.45, 7) is 4.03. The first kappa shape index (κ1) is 42.8. The van der Waals surface area contributed by atoms with Gasteiger partial charge in [-0.05, 0) is 12.8 Å². The SMILES string of the molecule is CCCCCCCCCCCC(=O)O[C@H](CO)[C@H]1OC[C@H](O)[C@H]1O.CCCCCCCCCCCCCCCCCC(=O)O. The Bertz CT molecular complexity index is 644. The molecule has 4 atom stereocenters. The van der Waals surface area contributed by atoms with Gasteiger partial charge in [0.1, 0.15) is 18.3 Å². The first-order valence-corrected chi connectivity index (χ1v) is 18.4. The first-order chi connectivity index (χ1) is 21.4. The molecule has 0 aromatic heterocycles. The molecular formula is C36H70O8. The van der Waals surface area contributed by atoms with E-state index in [1.165, 1.54) is 122 Å². The van der Waals surface area contributed by atoms with Crippen LogP contribution in [-0.4, -0.2) is 70.0 Å². The summed E-state index contributed by atoms with van der Waals surface area (Å²) in [7, 11) is 0. The highest BCUT2D eigenvalue weighted by Crippen LogP contribution is 2.20. The summed E-state index contributed by atoms with van der Waals surface area (Å²) in [5.41, 5.74) is 0. The van der Waals surface area contributed by atoms with E-state index in [-0.39, 0.29) is 6.61 Å². The van der Waals surface area contributed by atoms with Crippen LogP contribution in [0, 0.1) is 0 Å². The first-order valence-electron chi connectivity index (χ1n) is 18.4. The van der Waals surface area contributed by atoms with Crippen molar-refractivity contribution in [2.75, 3.05) is 13.2 Å². The van der Waals surface area contributed by atoms with Crippen molar-refractivity contribution in [3.63, 3.8) is 0 Å². The van der Waals surface area contributed by atoms with E-state index < -0.39 is 43.0 Å². The minimum atomic E-state index is -1.14. The molecule has 0 aromatic carbocycles. The smallest absolute Gasteiger partial charge is 0.306 e. The molecule has 1 heterocycles. The summed E-state index contributed by atoms with van der Waals surface area (Å²) in [5, 5.41) is 37.0. The van der Waals surface area contributed by atoms with Gasteiger partial charge in [-0.3, -0.25) is 9.59 Å². The van der Waals surface area contributed by atoms with Crippen LogP contribution in [0.4, 0.5) is 0 Å². The second-order valence-corrected chi connectivity index (χ2v) is 12.7. The highest BCUT2D eigenvalue weighted by atomic mass is 16.6. The molecule has 8 nitrogen and oxygen atoms in total. The van der Waals surface area contributed by atoms with Gasteiger partial charge < -0.3 is 29.9 Å². The molecule has 1 rings (SSSR count). The third-order valence-corrected chi connectivity index (χ3v) is 8.50. The van der Waals surface area contributed by atoms with E-state index in [0.29, 0.717) is 12.8 Å². The number of carbonyl (C=O) groups is 2. The van der Waals surface area contributed by atoms with Crippen LogP contribution in [0.15, 0.2) is 0 Å². The molecule has 0 amide bonds. The van der Waals surface area contributed by atoms with Crippen molar-refractivity contribution in [1.82, 2.24) is 0 Å². The Morgan fingerprint density at radius 3 is 1.32 bits per heavy atom. The highest BCUT2D eigenvalue weighted by molar-refractivity contribution is 5.69. The van der Waals surface area contributed by atoms with Gasteiger partial charge in [0, 0.05) is 12.8 Å². The fourth-order valence-electron chi connectivity index (χ4n) is 5.62. The van der Waals surface area contributed by atoms with Crippen LogP contribution < -0.4 is 0 Å². The third kappa shape index (κ3) is 26.0. The number of hydrogen-bond acceptors (Lipinski definition) is 7. The molecule has 1 aliphatic heterocycles. The molecule has 8 heteroatoms. The van der Waals surface area contributed by atoms with Crippen LogP contribution in [0.3, 0.4) is 0 Å². The molecule has 1 saturated heterocycles. The molecule has 0 radical (unpaired) electrons. The predicted molar refractivity (Wildman–Crippen MR) is 178 cm³/mol. The molecule has 0 spiro atoms. The molecule has 0 saturated carbocycles. The fraction of sp³-hybridized carbons (Fsp3) is 0.944. The number of rotatable bonds is 29. The number of aliphatic hydroxyl groups excluding tert-OH is 3. The van der Waals surface area contributed by atoms with Gasteiger partial charge in [-0.15, -0.1) is 0 Å². The number of unbranched alkanes of at least 4 members (excludes halogenated alkanes) is 22. The fourth-order valence-corrected chi connectivity index (χ4v) is 5.62. The van der Waals surface area contributed by atoms with Crippen molar-refractivity contribution in [1.29, 1.82) is 0 Å². The van der Waals surface area contributed by atoms with Crippen molar-refractivity contribution in [2.45, 2.75) is 205 Å². The monoisotopic (exact) mass is 631 g/mol. The summed E-state index contributed by atoms with van der Waals surface area (Å²) in [4.78, 5) is 22.2. The summed E-state index contributed by atoms with van der Waals surface area (Å²) in [6.07, 6.45) is 27.1. The van der Waals surface area contributed by atoms with Gasteiger partial charge in [-0.2, -0.15) is 0 Å². The molecule has 1 aliphatic rings. The van der Waals surface area contributed by atoms with Gasteiger partial charge in [-0.1, -0.05) is 155 Å². The Hall–Kier alpha value is -1.22. The summed E-state index contributed by atoms with van der Waals surface area (Å²) < 4.78 is 10.4. The molecule has 0 aromatic rings. The lowest BCUT2D eigenvalue weighted by atomic mass is 10.0. The van der Waals surface area contributed by atoms with Crippen LogP contribution >= 0.6 is 0 Å². The maximum Gasteiger partial charge on any atom is 0.306 e. The molecule has 44 heavy (non-hydrogen) atoms. The zero-order valence-corrected chi connectivity index (χ0v) is 28.5. The van der Waals surface area contributed by atoms with E-state index in [9.17, 15) is 24.9 Å². The van der Waals surface area contributed by atoms with E-state index in [1.54, 1.807) is 0 Å². The minimum absolute atomic E-state index is 0.0157. The largest absolute Gasteiger partial charge is 0.481 e. The van der Waals surface area contributed by atoms with Gasteiger partial charge in [-0.25, -0.2) is 0 Å². The van der Waals surface area contributed by atoms with E-state index in [2.05, 4.69) is 13.8 Å². The molecular weight excluding hydrogens is 560 g/mol. The predicted octanol–water partition coefficient (Wildman–Crippen LogP) is 8.26. The second kappa shape index (κ2) is 31.7. The number of carbonyl (C=O) groups excluding carboxylic acids is 1. The average Bonchev–Trinajstić information content (AvgIpc) is 3.34. The lowest BCUT2D eigenvalue weighted by molar-refractivity contribution is -0.162. The lowest BCUT2D eigenvalue weighted by Crippen LogP contribution is -2.43. The number of esters is 1. The number of aliphatic hydroxyl groups is 3. The van der Waals surface area contributed by atoms with Crippen molar-refractivity contribution in [3.8, 4) is 0 Å². The number of ether oxygens (including phenoxy) is 2. The van der Waals surface area contributed by atoms with Crippen LogP contribution in [0.2, 0.25) is 0 Å². The minimum Gasteiger partial charge on any atom is -0.481 e. The van der Waals surface area contributed by atoms with E-state index >= 15 is 0 Å². The molecule has 0 aliphatic carbocycles. The quantitative estimate of drug-likeness (QED) is 0.0479. The summed E-state index contributed by atoms with van der Waals surface area (Å²) in [5.74, 6) is -1.05. The normalized spacial score (nSPS) is 18.5. The number of hydrogen-bond donors (Lipinski definition) is 4. The Labute approximate surface area is 269 Å². The Morgan fingerprint density at radius 2 is 1.00 bits per heavy atom.